The molecule has 2 aromatic carbocycles. The molecule has 10 heteroatoms. The molecule has 3 rings (SSSR count). The van der Waals surface area contributed by atoms with Gasteiger partial charge >= 0.3 is 0 Å². The first kappa shape index (κ1) is 45.2. The topological polar surface area (TPSA) is 73.8 Å². The van der Waals surface area contributed by atoms with Crippen LogP contribution in [0.15, 0.2) is 42.5 Å². The van der Waals surface area contributed by atoms with Gasteiger partial charge < -0.3 is 37.3 Å². The van der Waals surface area contributed by atoms with Crippen LogP contribution in [0.5, 0.6) is 17.2 Å². The molecule has 1 fully saturated rings. The number of ether oxygens (including phenoxy) is 6. The molecule has 300 valence electrons. The largest absolute Gasteiger partial charge is 0.541 e. The molecule has 0 N–H and O–H groups in total. The van der Waals surface area contributed by atoms with Crippen molar-refractivity contribution in [1.29, 1.82) is 0 Å². The van der Waals surface area contributed by atoms with Crippen molar-refractivity contribution in [1.82, 2.24) is 0 Å². The summed E-state index contributed by atoms with van der Waals surface area (Å²) in [4.78, 5) is 0. The molecule has 0 unspecified atom stereocenters. The second-order valence-corrected chi connectivity index (χ2v) is 27.5. The maximum atomic E-state index is 7.40. The lowest BCUT2D eigenvalue weighted by Crippen LogP contribution is -2.53. The van der Waals surface area contributed by atoms with Gasteiger partial charge in [-0.2, -0.15) is 0 Å². The Kier molecular flexibility index (Phi) is 15.9. The van der Waals surface area contributed by atoms with Gasteiger partial charge in [0.2, 0.25) is 0 Å². The second-order valence-electron chi connectivity index (χ2n) is 18.0. The van der Waals surface area contributed by atoms with E-state index in [2.05, 4.69) is 113 Å². The fraction of sp³-hybridized carbons (Fsp3) is 0.674. The predicted octanol–water partition coefficient (Wildman–Crippen LogP) is 11.0. The molecule has 1 aliphatic heterocycles. The van der Waals surface area contributed by atoms with Gasteiger partial charge in [-0.3, -0.25) is 0 Å². The molecule has 0 radical (unpaired) electrons. The minimum absolute atomic E-state index is 0.0300. The van der Waals surface area contributed by atoms with Gasteiger partial charge in [0.05, 0.1) is 52.4 Å². The van der Waals surface area contributed by atoms with Crippen molar-refractivity contribution in [2.24, 2.45) is 17.8 Å². The lowest BCUT2D eigenvalue weighted by atomic mass is 9.78. The first-order valence-electron chi connectivity index (χ1n) is 19.3. The number of hydrogen-bond acceptors (Lipinski definition) is 8. The van der Waals surface area contributed by atoms with Gasteiger partial charge in [-0.1, -0.05) is 105 Å². The summed E-state index contributed by atoms with van der Waals surface area (Å²) < 4.78 is 52.0. The zero-order chi connectivity index (χ0) is 39.9. The Labute approximate surface area is 324 Å². The molecule has 6 atom stereocenters. The minimum atomic E-state index is -2.39. The summed E-state index contributed by atoms with van der Waals surface area (Å²) >= 11 is 0. The summed E-state index contributed by atoms with van der Waals surface area (Å²) in [5.41, 5.74) is 3.79. The normalized spacial score (nSPS) is 22.2. The Balaban J connectivity index is 2.23. The lowest BCUT2D eigenvalue weighted by Gasteiger charge is -2.50. The predicted molar refractivity (Wildman–Crippen MR) is 221 cm³/mol. The number of hydrogen-bond donors (Lipinski definition) is 0. The standard InChI is InChI=1S/C43H72O8Si2/c1-29(25-47-26-33-21-19-18-20-22-33)23-24-35-30(2)37(50-52(14,15)42(5,6)7)31(3)39(49-35)36-34(27-48-28-44-11)38(45-12)32(4)40(46-13)41(36)51-53(16,17)43(8,9)10/h18-24,29-31,35,37,39H,25-28H2,1-17H3/b24-23-/t29-,30-,31+,35+,37-,39+/m0/s1. The average Bonchev–Trinajstić information content (AvgIpc) is 3.06. The van der Waals surface area contributed by atoms with Gasteiger partial charge in [-0.15, -0.1) is 0 Å². The fourth-order valence-electron chi connectivity index (χ4n) is 6.41. The Bertz CT molecular complexity index is 1480. The number of methoxy groups -OCH3 is 3. The van der Waals surface area contributed by atoms with E-state index in [1.54, 1.807) is 21.3 Å². The third-order valence-electron chi connectivity index (χ3n) is 11.7. The van der Waals surface area contributed by atoms with Crippen LogP contribution in [-0.2, 0) is 36.6 Å². The van der Waals surface area contributed by atoms with Crippen molar-refractivity contribution in [2.45, 2.75) is 137 Å². The Morgan fingerprint density at radius 1 is 0.792 bits per heavy atom. The van der Waals surface area contributed by atoms with Crippen LogP contribution in [0, 0.1) is 24.7 Å². The van der Waals surface area contributed by atoms with Crippen molar-refractivity contribution in [3.63, 3.8) is 0 Å². The van der Waals surface area contributed by atoms with Crippen molar-refractivity contribution >= 4 is 16.6 Å². The van der Waals surface area contributed by atoms with Crippen LogP contribution >= 0.6 is 0 Å². The third-order valence-corrected chi connectivity index (χ3v) is 20.5. The molecule has 0 aromatic heterocycles. The summed E-state index contributed by atoms with van der Waals surface area (Å²) in [6.07, 6.45) is 3.69. The van der Waals surface area contributed by atoms with Crippen LogP contribution in [0.3, 0.4) is 0 Å². The lowest BCUT2D eigenvalue weighted by molar-refractivity contribution is -0.145. The first-order chi connectivity index (χ1) is 24.6. The highest BCUT2D eigenvalue weighted by atomic mass is 28.4. The summed E-state index contributed by atoms with van der Waals surface area (Å²) in [5.74, 6) is 2.28. The molecular weight excluding hydrogens is 701 g/mol. The van der Waals surface area contributed by atoms with Crippen LogP contribution in [0.4, 0.5) is 0 Å². The Morgan fingerprint density at radius 2 is 1.40 bits per heavy atom. The molecule has 1 aliphatic rings. The van der Waals surface area contributed by atoms with Crippen molar-refractivity contribution in [3.05, 3.63) is 64.7 Å². The van der Waals surface area contributed by atoms with E-state index in [9.17, 15) is 0 Å². The highest BCUT2D eigenvalue weighted by molar-refractivity contribution is 6.75. The zero-order valence-electron chi connectivity index (χ0n) is 36.1. The van der Waals surface area contributed by atoms with Crippen LogP contribution in [0.1, 0.15) is 90.7 Å². The van der Waals surface area contributed by atoms with Crippen LogP contribution in [0.25, 0.3) is 0 Å². The maximum absolute atomic E-state index is 7.40. The van der Waals surface area contributed by atoms with Crippen molar-refractivity contribution < 1.29 is 37.3 Å². The minimum Gasteiger partial charge on any atom is -0.541 e. The molecule has 53 heavy (non-hydrogen) atoms. The molecule has 0 aliphatic carbocycles. The van der Waals surface area contributed by atoms with Crippen molar-refractivity contribution in [2.75, 3.05) is 34.7 Å². The van der Waals surface area contributed by atoms with Gasteiger partial charge in [-0.05, 0) is 54.7 Å². The highest BCUT2D eigenvalue weighted by Gasteiger charge is 2.50. The highest BCUT2D eigenvalue weighted by Crippen LogP contribution is 2.55. The van der Waals surface area contributed by atoms with Crippen LogP contribution in [-0.4, -0.2) is 63.6 Å². The Morgan fingerprint density at radius 3 is 1.94 bits per heavy atom. The van der Waals surface area contributed by atoms with Gasteiger partial charge in [0.1, 0.15) is 12.5 Å². The molecule has 0 amide bonds. The summed E-state index contributed by atoms with van der Waals surface area (Å²) in [6.45, 7) is 33.1. The third kappa shape index (κ3) is 11.0. The average molecular weight is 773 g/mol. The monoisotopic (exact) mass is 772 g/mol. The van der Waals surface area contributed by atoms with Crippen LogP contribution < -0.4 is 13.9 Å². The molecule has 1 heterocycles. The van der Waals surface area contributed by atoms with Crippen LogP contribution in [0.2, 0.25) is 36.3 Å². The van der Waals surface area contributed by atoms with Gasteiger partial charge in [-0.25, -0.2) is 0 Å². The number of benzene rings is 2. The zero-order valence-corrected chi connectivity index (χ0v) is 38.1. The van der Waals surface area contributed by atoms with E-state index in [0.717, 1.165) is 16.7 Å². The van der Waals surface area contributed by atoms with E-state index in [-0.39, 0.29) is 53.4 Å². The molecular formula is C43H72O8Si2. The first-order valence-corrected chi connectivity index (χ1v) is 25.1. The molecule has 0 spiro atoms. The number of rotatable bonds is 17. The SMILES string of the molecule is COCOCc1c(OC)c(C)c(OC)c(O[Si](C)(C)C(C)(C)C)c1[C@@H]1O[C@H](/C=C\[C@H](C)COCc2ccccc2)[C@H](C)[C@H](O[Si](C)(C)C(C)(C)C)[C@H]1C. The second kappa shape index (κ2) is 18.6. The molecule has 0 bridgehead atoms. The van der Waals surface area contributed by atoms with Gasteiger partial charge in [0.15, 0.2) is 19.8 Å². The van der Waals surface area contributed by atoms with E-state index in [0.29, 0.717) is 30.5 Å². The molecule has 2 aromatic rings. The maximum Gasteiger partial charge on any atom is 0.250 e. The summed E-state index contributed by atoms with van der Waals surface area (Å²) in [7, 11) is 0.430. The van der Waals surface area contributed by atoms with E-state index in [1.807, 2.05) is 25.1 Å². The van der Waals surface area contributed by atoms with Gasteiger partial charge in [0.25, 0.3) is 8.32 Å². The quantitative estimate of drug-likeness (QED) is 0.0681. The molecule has 0 saturated carbocycles. The van der Waals surface area contributed by atoms with E-state index in [4.69, 9.17) is 37.3 Å². The molecule has 8 nitrogen and oxygen atoms in total. The van der Waals surface area contributed by atoms with E-state index < -0.39 is 22.7 Å². The van der Waals surface area contributed by atoms with Crippen molar-refractivity contribution in [3.8, 4) is 17.2 Å². The van der Waals surface area contributed by atoms with Gasteiger partial charge in [0, 0.05) is 35.6 Å². The van der Waals surface area contributed by atoms with E-state index >= 15 is 0 Å². The summed E-state index contributed by atoms with van der Waals surface area (Å²) in [6, 6.07) is 10.3. The fourth-order valence-corrected chi connectivity index (χ4v) is 8.90. The van der Waals surface area contributed by atoms with E-state index in [1.165, 1.54) is 5.56 Å². The Hall–Kier alpha value is -2.19. The smallest absolute Gasteiger partial charge is 0.250 e. The summed E-state index contributed by atoms with van der Waals surface area (Å²) in [5, 5.41) is -0.0381. The molecule has 1 saturated heterocycles.